The van der Waals surface area contributed by atoms with Gasteiger partial charge in [0.1, 0.15) is 5.75 Å². The molecule has 0 spiro atoms. The molecule has 1 aromatic heterocycles. The summed E-state index contributed by atoms with van der Waals surface area (Å²) < 4.78 is 11.1. The second-order valence-electron chi connectivity index (χ2n) is 5.50. The zero-order valence-corrected chi connectivity index (χ0v) is 14.8. The van der Waals surface area contributed by atoms with Crippen LogP contribution in [0.15, 0.2) is 41.5 Å². The fourth-order valence-electron chi connectivity index (χ4n) is 2.42. The van der Waals surface area contributed by atoms with Gasteiger partial charge >= 0.3 is 0 Å². The number of hydroxylamine groups is 1. The van der Waals surface area contributed by atoms with Crippen molar-refractivity contribution in [3.8, 4) is 11.6 Å². The van der Waals surface area contributed by atoms with Crippen molar-refractivity contribution in [3.05, 3.63) is 52.1 Å². The molecule has 8 heteroatoms. The van der Waals surface area contributed by atoms with Crippen LogP contribution in [-0.4, -0.2) is 35.3 Å². The molecule has 25 heavy (non-hydrogen) atoms. The molecule has 1 saturated heterocycles. The molecule has 1 atom stereocenters. The summed E-state index contributed by atoms with van der Waals surface area (Å²) in [5, 5.41) is 10.3. The molecule has 1 fully saturated rings. The van der Waals surface area contributed by atoms with Gasteiger partial charge in [-0.25, -0.2) is 4.98 Å². The molecule has 0 radical (unpaired) electrons. The summed E-state index contributed by atoms with van der Waals surface area (Å²) in [7, 11) is 0. The predicted molar refractivity (Wildman–Crippen MR) is 96.1 cm³/mol. The van der Waals surface area contributed by atoms with Gasteiger partial charge in [-0.3, -0.25) is 15.7 Å². The molecular weight excluding hydrogens is 365 g/mol. The number of aliphatic imine (C=N–C) groups is 1. The standard InChI is InChI=1S/C17H17Cl2N3O3/c18-12-4-5-14(19)15(8-12)25-16-6-3-11(9-20-16)17(22-23)21-10-13-2-1-7-24-13/h3-6,8-9,13,23H,1-2,7,10H2,(H,21,22). The van der Waals surface area contributed by atoms with E-state index in [1.165, 1.54) is 0 Å². The topological polar surface area (TPSA) is 76.0 Å². The van der Waals surface area contributed by atoms with Gasteiger partial charge in [0.15, 0.2) is 5.84 Å². The maximum absolute atomic E-state index is 9.31. The van der Waals surface area contributed by atoms with Crippen LogP contribution in [0.25, 0.3) is 0 Å². The summed E-state index contributed by atoms with van der Waals surface area (Å²) in [6.07, 6.45) is 3.67. The van der Waals surface area contributed by atoms with E-state index >= 15 is 0 Å². The lowest BCUT2D eigenvalue weighted by Gasteiger charge is -2.10. The largest absolute Gasteiger partial charge is 0.437 e. The Bertz CT molecular complexity index is 747. The highest BCUT2D eigenvalue weighted by Crippen LogP contribution is 2.31. The second-order valence-corrected chi connectivity index (χ2v) is 6.34. The molecule has 6 nitrogen and oxygen atoms in total. The van der Waals surface area contributed by atoms with Crippen molar-refractivity contribution in [1.82, 2.24) is 10.5 Å². The minimum atomic E-state index is 0.101. The first kappa shape index (κ1) is 17.9. The van der Waals surface area contributed by atoms with E-state index in [0.29, 0.717) is 39.6 Å². The number of halogens is 2. The Labute approximate surface area is 155 Å². The fourth-order valence-corrected chi connectivity index (χ4v) is 2.74. The summed E-state index contributed by atoms with van der Waals surface area (Å²) >= 11 is 12.0. The molecule has 0 aliphatic carbocycles. The molecule has 0 bridgehead atoms. The quantitative estimate of drug-likeness (QED) is 0.463. The number of pyridine rings is 1. The van der Waals surface area contributed by atoms with E-state index in [1.54, 1.807) is 36.5 Å². The van der Waals surface area contributed by atoms with E-state index in [1.807, 2.05) is 0 Å². The minimum absolute atomic E-state index is 0.101. The highest BCUT2D eigenvalue weighted by Gasteiger charge is 2.15. The Morgan fingerprint density at radius 2 is 2.24 bits per heavy atom. The highest BCUT2D eigenvalue weighted by atomic mass is 35.5. The molecule has 2 aromatic rings. The van der Waals surface area contributed by atoms with Gasteiger partial charge in [-0.15, -0.1) is 0 Å². The van der Waals surface area contributed by atoms with Crippen molar-refractivity contribution in [1.29, 1.82) is 0 Å². The van der Waals surface area contributed by atoms with Crippen molar-refractivity contribution < 1.29 is 14.7 Å². The Hall–Kier alpha value is -1.86. The molecule has 1 aromatic carbocycles. The van der Waals surface area contributed by atoms with Crippen LogP contribution in [0.1, 0.15) is 18.4 Å². The monoisotopic (exact) mass is 381 g/mol. The highest BCUT2D eigenvalue weighted by molar-refractivity contribution is 6.34. The summed E-state index contributed by atoms with van der Waals surface area (Å²) in [4.78, 5) is 8.55. The second kappa shape index (κ2) is 8.49. The third-order valence-corrected chi connectivity index (χ3v) is 4.25. The molecule has 132 valence electrons. The van der Waals surface area contributed by atoms with Crippen LogP contribution in [0.3, 0.4) is 0 Å². The van der Waals surface area contributed by atoms with E-state index in [2.05, 4.69) is 15.5 Å². The van der Waals surface area contributed by atoms with Crippen LogP contribution in [-0.2, 0) is 4.74 Å². The fraction of sp³-hybridized carbons (Fsp3) is 0.294. The number of nitrogens with zero attached hydrogens (tertiary/aromatic N) is 2. The van der Waals surface area contributed by atoms with Crippen molar-refractivity contribution in [3.63, 3.8) is 0 Å². The summed E-state index contributed by atoms with van der Waals surface area (Å²) in [5.74, 6) is 1.10. The maximum atomic E-state index is 9.31. The SMILES string of the molecule is ONC(=NCC1CCCO1)c1ccc(Oc2cc(Cl)ccc2Cl)nc1. The Morgan fingerprint density at radius 1 is 1.36 bits per heavy atom. The molecule has 0 saturated carbocycles. The molecule has 2 N–H and O–H groups in total. The molecule has 1 aliphatic heterocycles. The lowest BCUT2D eigenvalue weighted by Crippen LogP contribution is -2.23. The Kier molecular flexibility index (Phi) is 6.09. The molecule has 1 unspecified atom stereocenters. The molecule has 1 aliphatic rings. The first-order valence-corrected chi connectivity index (χ1v) is 8.57. The molecular formula is C17H17Cl2N3O3. The van der Waals surface area contributed by atoms with Crippen LogP contribution in [0.2, 0.25) is 10.0 Å². The van der Waals surface area contributed by atoms with Gasteiger partial charge in [-0.2, -0.15) is 0 Å². The van der Waals surface area contributed by atoms with Gasteiger partial charge in [-0.05, 0) is 31.0 Å². The molecule has 2 heterocycles. The van der Waals surface area contributed by atoms with Gasteiger partial charge in [-0.1, -0.05) is 23.2 Å². The Morgan fingerprint density at radius 3 is 2.92 bits per heavy atom. The normalized spacial score (nSPS) is 17.6. The summed E-state index contributed by atoms with van der Waals surface area (Å²) in [6.45, 7) is 1.25. The van der Waals surface area contributed by atoms with Crippen LogP contribution in [0.5, 0.6) is 11.6 Å². The van der Waals surface area contributed by atoms with Crippen molar-refractivity contribution in [2.45, 2.75) is 18.9 Å². The number of aromatic nitrogens is 1. The van der Waals surface area contributed by atoms with Gasteiger partial charge in [0, 0.05) is 35.5 Å². The predicted octanol–water partition coefficient (Wildman–Crippen LogP) is 4.09. The average Bonchev–Trinajstić information content (AvgIpc) is 3.13. The van der Waals surface area contributed by atoms with Crippen LogP contribution in [0, 0.1) is 0 Å². The van der Waals surface area contributed by atoms with E-state index in [4.69, 9.17) is 32.7 Å². The lowest BCUT2D eigenvalue weighted by molar-refractivity contribution is 0.117. The summed E-state index contributed by atoms with van der Waals surface area (Å²) in [6, 6.07) is 8.34. The average molecular weight is 382 g/mol. The van der Waals surface area contributed by atoms with E-state index in [9.17, 15) is 5.21 Å². The van der Waals surface area contributed by atoms with Crippen LogP contribution in [0.4, 0.5) is 0 Å². The first-order chi connectivity index (χ1) is 12.2. The third-order valence-electron chi connectivity index (χ3n) is 3.70. The number of amidine groups is 1. The molecule has 3 rings (SSSR count). The zero-order chi connectivity index (χ0) is 17.6. The van der Waals surface area contributed by atoms with E-state index < -0.39 is 0 Å². The zero-order valence-electron chi connectivity index (χ0n) is 13.3. The molecule has 0 amide bonds. The van der Waals surface area contributed by atoms with Crippen molar-refractivity contribution >= 4 is 29.0 Å². The van der Waals surface area contributed by atoms with Crippen LogP contribution >= 0.6 is 23.2 Å². The van der Waals surface area contributed by atoms with E-state index in [-0.39, 0.29) is 6.10 Å². The summed E-state index contributed by atoms with van der Waals surface area (Å²) in [5.41, 5.74) is 2.73. The number of rotatable bonds is 5. The maximum Gasteiger partial charge on any atom is 0.219 e. The number of benzene rings is 1. The van der Waals surface area contributed by atoms with Crippen molar-refractivity contribution in [2.75, 3.05) is 13.2 Å². The van der Waals surface area contributed by atoms with Gasteiger partial charge in [0.25, 0.3) is 0 Å². The number of nitrogens with one attached hydrogen (secondary N) is 1. The van der Waals surface area contributed by atoms with Gasteiger partial charge in [0.2, 0.25) is 5.88 Å². The van der Waals surface area contributed by atoms with Gasteiger partial charge < -0.3 is 9.47 Å². The number of ether oxygens (including phenoxy) is 2. The van der Waals surface area contributed by atoms with Crippen molar-refractivity contribution in [2.24, 2.45) is 4.99 Å². The van der Waals surface area contributed by atoms with E-state index in [0.717, 1.165) is 19.4 Å². The lowest BCUT2D eigenvalue weighted by atomic mass is 10.2. The third kappa shape index (κ3) is 4.83. The van der Waals surface area contributed by atoms with Gasteiger partial charge in [0.05, 0.1) is 17.7 Å². The Balaban J connectivity index is 1.69. The number of hydrogen-bond acceptors (Lipinski definition) is 5. The van der Waals surface area contributed by atoms with Crippen LogP contribution < -0.4 is 10.2 Å². The smallest absolute Gasteiger partial charge is 0.219 e. The first-order valence-electron chi connectivity index (χ1n) is 7.81. The number of hydrogen-bond donors (Lipinski definition) is 2. The minimum Gasteiger partial charge on any atom is -0.437 e.